The number of benzene rings is 2. The van der Waals surface area contributed by atoms with Gasteiger partial charge in [0.25, 0.3) is 0 Å². The minimum Gasteiger partial charge on any atom is -0.493 e. The molecular formula is C35H51N5O13S2. The number of hydroxylamine groups is 2. The lowest BCUT2D eigenvalue weighted by molar-refractivity contribution is -0.144. The molecule has 20 heteroatoms. The lowest BCUT2D eigenvalue weighted by Crippen LogP contribution is -2.50. The summed E-state index contributed by atoms with van der Waals surface area (Å²) in [5, 5.41) is 10.8. The topological polar surface area (TPSA) is 220 Å². The first-order valence-corrected chi connectivity index (χ1v) is 20.3. The minimum absolute atomic E-state index is 0.00123. The van der Waals surface area contributed by atoms with E-state index in [4.69, 9.17) is 33.4 Å². The Hall–Kier alpha value is -4.50. The van der Waals surface area contributed by atoms with Crippen LogP contribution in [-0.2, 0) is 44.0 Å². The molecule has 0 radical (unpaired) electrons. The van der Waals surface area contributed by atoms with Gasteiger partial charge in [-0.15, -0.1) is 5.06 Å². The molecule has 0 saturated carbocycles. The fourth-order valence-electron chi connectivity index (χ4n) is 4.91. The zero-order valence-corrected chi connectivity index (χ0v) is 34.0. The third-order valence-corrected chi connectivity index (χ3v) is 10.5. The average Bonchev–Trinajstić information content (AvgIpc) is 3.04. The Morgan fingerprint density at radius 1 is 0.855 bits per heavy atom. The third kappa shape index (κ3) is 14.3. The molecule has 1 fully saturated rings. The minimum atomic E-state index is -4.68. The molecule has 2 aromatic rings. The number of esters is 1. The monoisotopic (exact) mass is 813 g/mol. The van der Waals surface area contributed by atoms with E-state index in [1.54, 1.807) is 66.4 Å². The number of carbonyl (C=O) groups is 3. The summed E-state index contributed by atoms with van der Waals surface area (Å²) in [6, 6.07) is 9.52. The van der Waals surface area contributed by atoms with E-state index in [-0.39, 0.29) is 70.5 Å². The predicted molar refractivity (Wildman–Crippen MR) is 198 cm³/mol. The van der Waals surface area contributed by atoms with Gasteiger partial charge in [-0.1, -0.05) is 12.1 Å². The summed E-state index contributed by atoms with van der Waals surface area (Å²) in [6.45, 7) is 13.8. The molecule has 1 saturated heterocycles. The van der Waals surface area contributed by atoms with Gasteiger partial charge >= 0.3 is 28.3 Å². The van der Waals surface area contributed by atoms with Crippen molar-refractivity contribution in [3.63, 3.8) is 0 Å². The van der Waals surface area contributed by atoms with Crippen LogP contribution in [0.1, 0.15) is 60.5 Å². The van der Waals surface area contributed by atoms with Gasteiger partial charge in [-0.25, -0.2) is 18.0 Å². The smallest absolute Gasteiger partial charge is 0.442 e. The Bertz CT molecular complexity index is 1900. The van der Waals surface area contributed by atoms with Gasteiger partial charge in [0.15, 0.2) is 0 Å². The summed E-state index contributed by atoms with van der Waals surface area (Å²) in [5.74, 6) is -1.07. The first-order valence-electron chi connectivity index (χ1n) is 17.4. The first-order chi connectivity index (χ1) is 25.5. The van der Waals surface area contributed by atoms with E-state index in [9.17, 15) is 31.2 Å². The molecule has 0 bridgehead atoms. The number of sulfonamides is 1. The van der Waals surface area contributed by atoms with Gasteiger partial charge < -0.3 is 23.1 Å². The number of nitrogens with zero attached hydrogens (tertiary/aromatic N) is 3. The van der Waals surface area contributed by atoms with E-state index in [2.05, 4.69) is 5.32 Å². The molecule has 3 rings (SSSR count). The predicted octanol–water partition coefficient (Wildman–Crippen LogP) is 4.03. The van der Waals surface area contributed by atoms with Crippen LogP contribution in [0.2, 0.25) is 0 Å². The van der Waals surface area contributed by atoms with Crippen LogP contribution < -0.4 is 14.2 Å². The highest BCUT2D eigenvalue weighted by atomic mass is 32.2. The van der Waals surface area contributed by atoms with Crippen LogP contribution in [0.5, 0.6) is 11.5 Å². The Balaban J connectivity index is 1.66. The summed E-state index contributed by atoms with van der Waals surface area (Å²) in [4.78, 5) is 43.0. The summed E-state index contributed by atoms with van der Waals surface area (Å²) < 4.78 is 82.3. The highest BCUT2D eigenvalue weighted by molar-refractivity contribution is 7.91. The zero-order valence-electron chi connectivity index (χ0n) is 32.4. The molecule has 1 heterocycles. The van der Waals surface area contributed by atoms with Crippen molar-refractivity contribution in [2.75, 3.05) is 52.5 Å². The number of hydrogen-bond acceptors (Lipinski definition) is 15. The number of piperazine rings is 1. The number of nitrogens with one attached hydrogen (secondary N) is 2. The Labute approximate surface area is 322 Å². The van der Waals surface area contributed by atoms with Gasteiger partial charge in [-0.3, -0.25) is 25.3 Å². The first kappa shape index (κ1) is 44.9. The van der Waals surface area contributed by atoms with Crippen LogP contribution in [-0.4, -0.2) is 119 Å². The van der Waals surface area contributed by atoms with Gasteiger partial charge in [-0.2, -0.15) is 12.7 Å². The molecule has 1 aliphatic heterocycles. The van der Waals surface area contributed by atoms with E-state index in [0.717, 1.165) is 6.07 Å². The second-order valence-corrected chi connectivity index (χ2v) is 17.7. The lowest BCUT2D eigenvalue weighted by atomic mass is 10.2. The summed E-state index contributed by atoms with van der Waals surface area (Å²) in [5.41, 5.74) is -1.23. The van der Waals surface area contributed by atoms with Crippen molar-refractivity contribution in [1.29, 1.82) is 5.41 Å². The number of guanidine groups is 1. The maximum atomic E-state index is 13.7. The molecule has 18 nitrogen and oxygen atoms in total. The van der Waals surface area contributed by atoms with Crippen molar-refractivity contribution in [2.45, 2.75) is 82.8 Å². The fourth-order valence-corrected chi connectivity index (χ4v) is 8.03. The number of alkyl carbamates (subject to hydrolysis) is 1. The molecule has 1 aliphatic rings. The van der Waals surface area contributed by atoms with Crippen LogP contribution in [0.15, 0.2) is 52.3 Å². The van der Waals surface area contributed by atoms with Gasteiger partial charge in [0.1, 0.15) is 32.5 Å². The second-order valence-electron chi connectivity index (χ2n) is 14.2. The van der Waals surface area contributed by atoms with Crippen molar-refractivity contribution in [3.8, 4) is 11.5 Å². The van der Waals surface area contributed by atoms with E-state index < -0.39 is 65.2 Å². The SMILES string of the molecule is CCOC(=O)CN1CCN(S(=O)(=O)c2ccccc2S(=O)(=O)Oc2cc(C)cc(OCCCON(C(=N)NC(=O)OC(C)(C)C)C(=O)OC(C)(C)C)c2)CC1. The van der Waals surface area contributed by atoms with Crippen molar-refractivity contribution in [2.24, 2.45) is 0 Å². The highest BCUT2D eigenvalue weighted by Gasteiger charge is 2.35. The van der Waals surface area contributed by atoms with Crippen molar-refractivity contribution < 1.29 is 59.2 Å². The van der Waals surface area contributed by atoms with Gasteiger partial charge in [0.05, 0.1) is 26.4 Å². The number of amides is 2. The fraction of sp³-hybridized carbons (Fsp3) is 0.543. The van der Waals surface area contributed by atoms with Crippen LogP contribution in [0.25, 0.3) is 0 Å². The van der Waals surface area contributed by atoms with Gasteiger partial charge in [-0.05, 0) is 85.2 Å². The summed E-state index contributed by atoms with van der Waals surface area (Å²) in [7, 11) is -8.96. The molecule has 55 heavy (non-hydrogen) atoms. The van der Waals surface area contributed by atoms with Crippen LogP contribution in [0.3, 0.4) is 0 Å². The average molecular weight is 814 g/mol. The number of aryl methyl sites for hydroxylation is 1. The van der Waals surface area contributed by atoms with E-state index >= 15 is 0 Å². The van der Waals surface area contributed by atoms with Crippen LogP contribution in [0.4, 0.5) is 9.59 Å². The Morgan fingerprint density at radius 3 is 2.05 bits per heavy atom. The number of ether oxygens (including phenoxy) is 4. The molecule has 0 aromatic heterocycles. The summed E-state index contributed by atoms with van der Waals surface area (Å²) >= 11 is 0. The molecule has 2 N–H and O–H groups in total. The number of hydrogen-bond donors (Lipinski definition) is 2. The Kier molecular flexibility index (Phi) is 15.4. The molecular weight excluding hydrogens is 763 g/mol. The maximum Gasteiger partial charge on any atom is 0.442 e. The lowest BCUT2D eigenvalue weighted by Gasteiger charge is -2.33. The van der Waals surface area contributed by atoms with Gasteiger partial charge in [0.2, 0.25) is 16.0 Å². The molecule has 0 aliphatic carbocycles. The highest BCUT2D eigenvalue weighted by Crippen LogP contribution is 2.30. The van der Waals surface area contributed by atoms with E-state index in [0.29, 0.717) is 10.6 Å². The number of carbonyl (C=O) groups excluding carboxylic acids is 3. The number of rotatable bonds is 14. The Morgan fingerprint density at radius 2 is 1.45 bits per heavy atom. The van der Waals surface area contributed by atoms with Crippen molar-refractivity contribution >= 4 is 44.3 Å². The molecule has 0 atom stereocenters. The van der Waals surface area contributed by atoms with Crippen LogP contribution >= 0.6 is 0 Å². The molecule has 2 amide bonds. The van der Waals surface area contributed by atoms with E-state index in [1.807, 2.05) is 0 Å². The standard InChI is InChI=1S/C35H51N5O13S2/c1-9-48-30(41)24-38-15-17-39(18-16-38)54(44,45)28-13-10-11-14-29(28)55(46,47)53-27-22-25(2)21-26(23-27)49-19-12-20-50-40(33(43)52-35(6,7)8)31(36)37-32(42)51-34(3,4)5/h10-11,13-14,21-23H,9,12,15-20,24H2,1-8H3,(H2,36,37,42). The third-order valence-electron chi connectivity index (χ3n) is 7.12. The normalized spacial score (nSPS) is 14.4. The van der Waals surface area contributed by atoms with Crippen LogP contribution in [0, 0.1) is 12.3 Å². The maximum absolute atomic E-state index is 13.7. The molecule has 2 aromatic carbocycles. The van der Waals surface area contributed by atoms with Gasteiger partial charge in [0, 0.05) is 38.7 Å². The zero-order chi connectivity index (χ0) is 41.2. The molecule has 306 valence electrons. The van der Waals surface area contributed by atoms with Crippen molar-refractivity contribution in [1.82, 2.24) is 19.6 Å². The van der Waals surface area contributed by atoms with E-state index in [1.165, 1.54) is 34.6 Å². The molecule has 0 spiro atoms. The summed E-state index contributed by atoms with van der Waals surface area (Å²) in [6.07, 6.45) is -1.88. The molecule has 0 unspecified atom stereocenters. The van der Waals surface area contributed by atoms with Crippen molar-refractivity contribution in [3.05, 3.63) is 48.0 Å². The second kappa shape index (κ2) is 18.9. The largest absolute Gasteiger partial charge is 0.493 e. The quantitative estimate of drug-likeness (QED) is 0.0524.